The first-order chi connectivity index (χ1) is 8.15. The number of hydrogen-bond acceptors (Lipinski definition) is 2. The van der Waals surface area contributed by atoms with Crippen molar-refractivity contribution in [3.05, 3.63) is 35.4 Å². The minimum Gasteiger partial charge on any atom is -0.300 e. The van der Waals surface area contributed by atoms with E-state index in [9.17, 15) is 4.79 Å². The Kier molecular flexibility index (Phi) is 3.95. The summed E-state index contributed by atoms with van der Waals surface area (Å²) in [6, 6.07) is 8.68. The lowest BCUT2D eigenvalue weighted by Crippen LogP contribution is -2.35. The van der Waals surface area contributed by atoms with Gasteiger partial charge in [-0.05, 0) is 45.3 Å². The van der Waals surface area contributed by atoms with Gasteiger partial charge in [-0.2, -0.15) is 0 Å². The summed E-state index contributed by atoms with van der Waals surface area (Å²) in [7, 11) is 0. The molecule has 0 spiro atoms. The number of piperidine rings is 1. The average molecular weight is 231 g/mol. The van der Waals surface area contributed by atoms with Crippen molar-refractivity contribution >= 4 is 5.78 Å². The third kappa shape index (κ3) is 3.40. The zero-order chi connectivity index (χ0) is 12.3. The Morgan fingerprint density at radius 1 is 1.35 bits per heavy atom. The van der Waals surface area contributed by atoms with Gasteiger partial charge in [0.05, 0.1) is 0 Å². The SMILES string of the molecule is CC(=O)C1CCN(Cc2cccc(C)c2)CC1. The second kappa shape index (κ2) is 5.46. The van der Waals surface area contributed by atoms with Crippen LogP contribution < -0.4 is 0 Å². The number of carbonyl (C=O) groups excluding carboxylic acids is 1. The first-order valence-corrected chi connectivity index (χ1v) is 6.43. The van der Waals surface area contributed by atoms with Gasteiger partial charge in [-0.25, -0.2) is 0 Å². The highest BCUT2D eigenvalue weighted by Gasteiger charge is 2.21. The Bertz CT molecular complexity index is 392. The summed E-state index contributed by atoms with van der Waals surface area (Å²) in [5, 5.41) is 0. The van der Waals surface area contributed by atoms with Gasteiger partial charge in [-0.1, -0.05) is 29.8 Å². The fourth-order valence-electron chi connectivity index (χ4n) is 2.57. The molecule has 92 valence electrons. The Balaban J connectivity index is 1.88. The van der Waals surface area contributed by atoms with E-state index in [1.807, 2.05) is 0 Å². The third-order valence-electron chi connectivity index (χ3n) is 3.65. The highest BCUT2D eigenvalue weighted by molar-refractivity contribution is 5.78. The molecule has 0 amide bonds. The van der Waals surface area contributed by atoms with E-state index < -0.39 is 0 Å². The van der Waals surface area contributed by atoms with Crippen molar-refractivity contribution in [2.75, 3.05) is 13.1 Å². The smallest absolute Gasteiger partial charge is 0.133 e. The fourth-order valence-corrected chi connectivity index (χ4v) is 2.57. The van der Waals surface area contributed by atoms with E-state index in [0.717, 1.165) is 32.5 Å². The molecule has 0 bridgehead atoms. The molecule has 1 fully saturated rings. The summed E-state index contributed by atoms with van der Waals surface area (Å²) in [5.41, 5.74) is 2.70. The second-order valence-corrected chi connectivity index (χ2v) is 5.15. The maximum absolute atomic E-state index is 11.3. The van der Waals surface area contributed by atoms with Gasteiger partial charge in [0.2, 0.25) is 0 Å². The van der Waals surface area contributed by atoms with E-state index in [1.54, 1.807) is 6.92 Å². The van der Waals surface area contributed by atoms with E-state index >= 15 is 0 Å². The molecule has 0 saturated carbocycles. The largest absolute Gasteiger partial charge is 0.300 e. The maximum Gasteiger partial charge on any atom is 0.133 e. The van der Waals surface area contributed by atoms with Crippen LogP contribution in [-0.4, -0.2) is 23.8 Å². The molecule has 1 aliphatic heterocycles. The molecule has 1 saturated heterocycles. The summed E-state index contributed by atoms with van der Waals surface area (Å²) >= 11 is 0. The molecule has 0 aromatic heterocycles. The van der Waals surface area contributed by atoms with Crippen molar-refractivity contribution in [1.29, 1.82) is 0 Å². The summed E-state index contributed by atoms with van der Waals surface area (Å²) in [5.74, 6) is 0.670. The average Bonchev–Trinajstić information content (AvgIpc) is 2.29. The number of carbonyl (C=O) groups is 1. The monoisotopic (exact) mass is 231 g/mol. The van der Waals surface area contributed by atoms with E-state index in [0.29, 0.717) is 11.7 Å². The number of aryl methyl sites for hydroxylation is 1. The zero-order valence-electron chi connectivity index (χ0n) is 10.8. The third-order valence-corrected chi connectivity index (χ3v) is 3.65. The van der Waals surface area contributed by atoms with Gasteiger partial charge in [-0.15, -0.1) is 0 Å². The van der Waals surface area contributed by atoms with Gasteiger partial charge >= 0.3 is 0 Å². The van der Waals surface area contributed by atoms with Crippen molar-refractivity contribution in [3.63, 3.8) is 0 Å². The Hall–Kier alpha value is -1.15. The van der Waals surface area contributed by atoms with Gasteiger partial charge < -0.3 is 0 Å². The van der Waals surface area contributed by atoms with Crippen LogP contribution in [0.3, 0.4) is 0 Å². The topological polar surface area (TPSA) is 20.3 Å². The molecule has 1 aromatic rings. The zero-order valence-corrected chi connectivity index (χ0v) is 10.8. The molecule has 0 aliphatic carbocycles. The molecule has 1 aromatic carbocycles. The summed E-state index contributed by atoms with van der Waals surface area (Å²) in [4.78, 5) is 13.7. The van der Waals surface area contributed by atoms with Gasteiger partial charge in [0.1, 0.15) is 5.78 Å². The Labute approximate surface area is 104 Å². The number of rotatable bonds is 3. The molecule has 1 aliphatic rings. The van der Waals surface area contributed by atoms with E-state index in [1.165, 1.54) is 11.1 Å². The van der Waals surface area contributed by atoms with Crippen LogP contribution in [0.4, 0.5) is 0 Å². The lowest BCUT2D eigenvalue weighted by molar-refractivity contribution is -0.122. The molecule has 0 unspecified atom stereocenters. The minimum atomic E-state index is 0.309. The number of ketones is 1. The molecular formula is C15H21NO. The Morgan fingerprint density at radius 3 is 2.65 bits per heavy atom. The highest BCUT2D eigenvalue weighted by Crippen LogP contribution is 2.19. The van der Waals surface area contributed by atoms with Crippen LogP contribution in [-0.2, 0) is 11.3 Å². The summed E-state index contributed by atoms with van der Waals surface area (Å²) in [6.45, 7) is 6.98. The normalized spacial score (nSPS) is 18.2. The number of benzene rings is 1. The maximum atomic E-state index is 11.3. The van der Waals surface area contributed by atoms with Crippen LogP contribution in [0.2, 0.25) is 0 Å². The fraction of sp³-hybridized carbons (Fsp3) is 0.533. The molecule has 2 nitrogen and oxygen atoms in total. The molecule has 0 atom stereocenters. The molecule has 0 N–H and O–H groups in total. The second-order valence-electron chi connectivity index (χ2n) is 5.15. The summed E-state index contributed by atoms with van der Waals surface area (Å²) in [6.07, 6.45) is 2.06. The molecule has 1 heterocycles. The van der Waals surface area contributed by atoms with E-state index in [2.05, 4.69) is 36.1 Å². The van der Waals surface area contributed by atoms with Crippen molar-refractivity contribution in [3.8, 4) is 0 Å². The molecular weight excluding hydrogens is 210 g/mol. The standard InChI is InChI=1S/C15H21NO/c1-12-4-3-5-14(10-12)11-16-8-6-15(7-9-16)13(2)17/h3-5,10,15H,6-9,11H2,1-2H3. The number of hydrogen-bond donors (Lipinski definition) is 0. The number of likely N-dealkylation sites (tertiary alicyclic amines) is 1. The van der Waals surface area contributed by atoms with Crippen molar-refractivity contribution in [2.24, 2.45) is 5.92 Å². The van der Waals surface area contributed by atoms with Gasteiger partial charge in [0, 0.05) is 12.5 Å². The van der Waals surface area contributed by atoms with Gasteiger partial charge in [0.25, 0.3) is 0 Å². The van der Waals surface area contributed by atoms with Crippen LogP contribution in [0, 0.1) is 12.8 Å². The van der Waals surface area contributed by atoms with E-state index in [4.69, 9.17) is 0 Å². The number of Topliss-reactive ketones (excluding diaryl/α,β-unsaturated/α-hetero) is 1. The van der Waals surface area contributed by atoms with Gasteiger partial charge in [0.15, 0.2) is 0 Å². The van der Waals surface area contributed by atoms with Crippen molar-refractivity contribution < 1.29 is 4.79 Å². The van der Waals surface area contributed by atoms with Crippen LogP contribution in [0.15, 0.2) is 24.3 Å². The van der Waals surface area contributed by atoms with Crippen LogP contribution in [0.1, 0.15) is 30.9 Å². The predicted octanol–water partition coefficient (Wildman–Crippen LogP) is 2.80. The lowest BCUT2D eigenvalue weighted by Gasteiger charge is -2.30. The summed E-state index contributed by atoms with van der Waals surface area (Å²) < 4.78 is 0. The van der Waals surface area contributed by atoms with Crippen LogP contribution in [0.25, 0.3) is 0 Å². The molecule has 2 rings (SSSR count). The minimum absolute atomic E-state index is 0.309. The van der Waals surface area contributed by atoms with Gasteiger partial charge in [-0.3, -0.25) is 9.69 Å². The first kappa shape index (κ1) is 12.3. The highest BCUT2D eigenvalue weighted by atomic mass is 16.1. The quantitative estimate of drug-likeness (QED) is 0.797. The molecule has 0 radical (unpaired) electrons. The van der Waals surface area contributed by atoms with E-state index in [-0.39, 0.29) is 0 Å². The van der Waals surface area contributed by atoms with Crippen molar-refractivity contribution in [2.45, 2.75) is 33.2 Å². The van der Waals surface area contributed by atoms with Crippen LogP contribution in [0.5, 0.6) is 0 Å². The molecule has 17 heavy (non-hydrogen) atoms. The molecule has 2 heteroatoms. The Morgan fingerprint density at radius 2 is 2.06 bits per heavy atom. The first-order valence-electron chi connectivity index (χ1n) is 6.43. The van der Waals surface area contributed by atoms with Crippen LogP contribution >= 0.6 is 0 Å². The lowest BCUT2D eigenvalue weighted by atomic mass is 9.93. The predicted molar refractivity (Wildman–Crippen MR) is 69.9 cm³/mol. The number of nitrogens with zero attached hydrogens (tertiary/aromatic N) is 1. The van der Waals surface area contributed by atoms with Crippen molar-refractivity contribution in [1.82, 2.24) is 4.90 Å².